The van der Waals surface area contributed by atoms with Gasteiger partial charge in [0.05, 0.1) is 18.6 Å². The van der Waals surface area contributed by atoms with Crippen LogP contribution in [0.2, 0.25) is 0 Å². The summed E-state index contributed by atoms with van der Waals surface area (Å²) in [6, 6.07) is 17.4. The molecule has 3 aromatic carbocycles. The van der Waals surface area contributed by atoms with Crippen molar-refractivity contribution in [3.63, 3.8) is 0 Å². The monoisotopic (exact) mass is 507 g/mol. The number of nitrogens with zero attached hydrogens (tertiary/aromatic N) is 1. The smallest absolute Gasteiger partial charge is 0.293 e. The molecule has 0 N–H and O–H groups in total. The first-order valence-electron chi connectivity index (χ1n) is 11.4. The van der Waals surface area contributed by atoms with E-state index in [-0.39, 0.29) is 36.7 Å². The molecule has 1 heterocycles. The van der Waals surface area contributed by atoms with Crippen molar-refractivity contribution in [3.8, 4) is 17.2 Å². The summed E-state index contributed by atoms with van der Waals surface area (Å²) >= 11 is 0.878. The van der Waals surface area contributed by atoms with Crippen LogP contribution in [0.4, 0.5) is 9.18 Å². The molecular weight excluding hydrogens is 481 g/mol. The summed E-state index contributed by atoms with van der Waals surface area (Å²) in [5.74, 6) is 0.872. The molecule has 36 heavy (non-hydrogen) atoms. The number of amides is 2. The number of aryl methyl sites for hydroxylation is 2. The quantitative estimate of drug-likeness (QED) is 0.324. The number of rotatable bonds is 9. The number of benzene rings is 3. The van der Waals surface area contributed by atoms with Crippen LogP contribution >= 0.6 is 11.8 Å². The van der Waals surface area contributed by atoms with Crippen molar-refractivity contribution >= 4 is 29.0 Å². The molecule has 0 atom stereocenters. The molecule has 0 bridgehead atoms. The van der Waals surface area contributed by atoms with E-state index in [2.05, 4.69) is 0 Å². The van der Waals surface area contributed by atoms with Gasteiger partial charge in [0.2, 0.25) is 0 Å². The number of ether oxygens (including phenoxy) is 3. The van der Waals surface area contributed by atoms with Gasteiger partial charge in [0.15, 0.2) is 11.5 Å². The number of thioether (sulfide) groups is 1. The molecule has 6 nitrogen and oxygen atoms in total. The lowest BCUT2D eigenvalue weighted by atomic mass is 10.1. The van der Waals surface area contributed by atoms with Gasteiger partial charge in [-0.25, -0.2) is 4.39 Å². The standard InChI is InChI=1S/C28H26FNO5S/c1-18-8-9-19(2)24(14-18)34-13-12-30-27(31)26(36-28(30)32)16-20-10-11-23(33-3)25(15-20)35-17-21-6-4-5-7-22(21)29/h4-11,14-16H,12-13,17H2,1-3H3/b26-16-. The Morgan fingerprint density at radius 2 is 1.75 bits per heavy atom. The Labute approximate surface area is 213 Å². The highest BCUT2D eigenvalue weighted by Crippen LogP contribution is 2.35. The van der Waals surface area contributed by atoms with Crippen molar-refractivity contribution < 1.29 is 28.2 Å². The molecule has 0 aliphatic carbocycles. The lowest BCUT2D eigenvalue weighted by Crippen LogP contribution is -2.32. The molecule has 0 unspecified atom stereocenters. The summed E-state index contributed by atoms with van der Waals surface area (Å²) in [5.41, 5.74) is 3.12. The molecule has 1 fully saturated rings. The second-order valence-electron chi connectivity index (χ2n) is 8.24. The van der Waals surface area contributed by atoms with Crippen LogP contribution < -0.4 is 14.2 Å². The zero-order chi connectivity index (χ0) is 25.7. The molecular formula is C28H26FNO5S. The lowest BCUT2D eigenvalue weighted by Gasteiger charge is -2.14. The van der Waals surface area contributed by atoms with E-state index < -0.39 is 0 Å². The van der Waals surface area contributed by atoms with Gasteiger partial charge in [0.25, 0.3) is 11.1 Å². The number of carbonyl (C=O) groups excluding carboxylic acids is 2. The van der Waals surface area contributed by atoms with Gasteiger partial charge >= 0.3 is 0 Å². The Hall–Kier alpha value is -3.78. The zero-order valence-electron chi connectivity index (χ0n) is 20.2. The molecule has 3 aromatic rings. The number of hydrogen-bond acceptors (Lipinski definition) is 6. The van der Waals surface area contributed by atoms with Crippen LogP contribution in [0.15, 0.2) is 65.6 Å². The van der Waals surface area contributed by atoms with Crippen LogP contribution in [0, 0.1) is 19.7 Å². The molecule has 1 aliphatic rings. The average molecular weight is 508 g/mol. The third kappa shape index (κ3) is 5.88. The van der Waals surface area contributed by atoms with Crippen molar-refractivity contribution in [2.24, 2.45) is 0 Å². The third-order valence-corrected chi connectivity index (χ3v) is 6.52. The van der Waals surface area contributed by atoms with Crippen LogP contribution in [0.5, 0.6) is 17.2 Å². The third-order valence-electron chi connectivity index (χ3n) is 5.62. The van der Waals surface area contributed by atoms with Gasteiger partial charge in [-0.05, 0) is 72.6 Å². The van der Waals surface area contributed by atoms with Gasteiger partial charge in [-0.2, -0.15) is 0 Å². The zero-order valence-corrected chi connectivity index (χ0v) is 21.1. The van der Waals surface area contributed by atoms with Crippen molar-refractivity contribution in [3.05, 3.63) is 93.6 Å². The molecule has 1 saturated heterocycles. The number of imide groups is 1. The minimum Gasteiger partial charge on any atom is -0.493 e. The lowest BCUT2D eigenvalue weighted by molar-refractivity contribution is -0.123. The van der Waals surface area contributed by atoms with Crippen LogP contribution in [-0.2, 0) is 11.4 Å². The fourth-order valence-corrected chi connectivity index (χ4v) is 4.49. The Balaban J connectivity index is 1.44. The first-order chi connectivity index (χ1) is 17.4. The van der Waals surface area contributed by atoms with Gasteiger partial charge in [-0.3, -0.25) is 14.5 Å². The summed E-state index contributed by atoms with van der Waals surface area (Å²) in [6.07, 6.45) is 1.63. The van der Waals surface area contributed by atoms with Gasteiger partial charge in [0.1, 0.15) is 24.8 Å². The predicted molar refractivity (Wildman–Crippen MR) is 138 cm³/mol. The first kappa shape index (κ1) is 25.3. The Kier molecular flexibility index (Phi) is 7.95. The highest BCUT2D eigenvalue weighted by molar-refractivity contribution is 8.18. The predicted octanol–water partition coefficient (Wildman–Crippen LogP) is 6.15. The Morgan fingerprint density at radius 3 is 2.53 bits per heavy atom. The minimum atomic E-state index is -0.376. The summed E-state index contributed by atoms with van der Waals surface area (Å²) in [7, 11) is 1.51. The number of carbonyl (C=O) groups is 2. The van der Waals surface area contributed by atoms with Crippen LogP contribution in [0.3, 0.4) is 0 Å². The maximum atomic E-state index is 14.0. The Bertz CT molecular complexity index is 1320. The first-order valence-corrected chi connectivity index (χ1v) is 12.2. The van der Waals surface area contributed by atoms with E-state index in [0.29, 0.717) is 27.5 Å². The molecule has 1 aliphatic heterocycles. The molecule has 4 rings (SSSR count). The fourth-order valence-electron chi connectivity index (χ4n) is 3.62. The normalized spacial score (nSPS) is 14.4. The van der Waals surface area contributed by atoms with Crippen molar-refractivity contribution in [2.45, 2.75) is 20.5 Å². The van der Waals surface area contributed by atoms with E-state index in [1.54, 1.807) is 42.5 Å². The van der Waals surface area contributed by atoms with Crippen molar-refractivity contribution in [1.29, 1.82) is 0 Å². The molecule has 0 saturated carbocycles. The number of halogens is 1. The van der Waals surface area contributed by atoms with Gasteiger partial charge in [-0.15, -0.1) is 0 Å². The topological polar surface area (TPSA) is 65.1 Å². The highest BCUT2D eigenvalue weighted by Gasteiger charge is 2.34. The van der Waals surface area contributed by atoms with Crippen LogP contribution in [0.25, 0.3) is 6.08 Å². The molecule has 0 spiro atoms. The second-order valence-corrected chi connectivity index (χ2v) is 9.23. The molecule has 0 radical (unpaired) electrons. The maximum absolute atomic E-state index is 14.0. The molecule has 2 amide bonds. The number of hydrogen-bond donors (Lipinski definition) is 0. The maximum Gasteiger partial charge on any atom is 0.293 e. The Morgan fingerprint density at radius 1 is 0.944 bits per heavy atom. The van der Waals surface area contributed by atoms with E-state index in [9.17, 15) is 14.0 Å². The average Bonchev–Trinajstić information content (AvgIpc) is 3.13. The van der Waals surface area contributed by atoms with E-state index >= 15 is 0 Å². The second kappa shape index (κ2) is 11.3. The fraction of sp³-hybridized carbons (Fsp3) is 0.214. The van der Waals surface area contributed by atoms with Crippen LogP contribution in [-0.4, -0.2) is 36.3 Å². The van der Waals surface area contributed by atoms with E-state index in [0.717, 1.165) is 28.6 Å². The summed E-state index contributed by atoms with van der Waals surface area (Å²) in [5, 5.41) is -0.347. The summed E-state index contributed by atoms with van der Waals surface area (Å²) < 4.78 is 30.9. The summed E-state index contributed by atoms with van der Waals surface area (Å²) in [4.78, 5) is 26.9. The molecule has 186 valence electrons. The molecule has 8 heteroatoms. The van der Waals surface area contributed by atoms with Crippen molar-refractivity contribution in [1.82, 2.24) is 4.90 Å². The summed E-state index contributed by atoms with van der Waals surface area (Å²) in [6.45, 7) is 4.29. The SMILES string of the molecule is COc1ccc(/C=C2\SC(=O)N(CCOc3cc(C)ccc3C)C2=O)cc1OCc1ccccc1F. The van der Waals surface area contributed by atoms with Gasteiger partial charge in [0, 0.05) is 5.56 Å². The van der Waals surface area contributed by atoms with Crippen LogP contribution in [0.1, 0.15) is 22.3 Å². The van der Waals surface area contributed by atoms with Gasteiger partial charge in [-0.1, -0.05) is 36.4 Å². The van der Waals surface area contributed by atoms with Gasteiger partial charge < -0.3 is 14.2 Å². The van der Waals surface area contributed by atoms with Crippen molar-refractivity contribution in [2.75, 3.05) is 20.3 Å². The minimum absolute atomic E-state index is 0.0173. The number of methoxy groups -OCH3 is 1. The highest BCUT2D eigenvalue weighted by atomic mass is 32.2. The van der Waals surface area contributed by atoms with E-state index in [1.165, 1.54) is 18.1 Å². The van der Waals surface area contributed by atoms with E-state index in [4.69, 9.17) is 14.2 Å². The molecule has 0 aromatic heterocycles. The largest absolute Gasteiger partial charge is 0.493 e. The van der Waals surface area contributed by atoms with E-state index in [1.807, 2.05) is 32.0 Å².